The highest BCUT2D eigenvalue weighted by Gasteiger charge is 2.38. The fraction of sp³-hybridized carbons (Fsp3) is 0.381. The number of allylic oxidation sites excluding steroid dienone is 3. The van der Waals surface area contributed by atoms with Gasteiger partial charge in [-0.1, -0.05) is 25.5 Å². The summed E-state index contributed by atoms with van der Waals surface area (Å²) >= 11 is 0. The molecule has 6 nitrogen and oxygen atoms in total. The van der Waals surface area contributed by atoms with Gasteiger partial charge in [-0.3, -0.25) is 10.2 Å². The third-order valence-corrected chi connectivity index (χ3v) is 5.63. The van der Waals surface area contributed by atoms with E-state index in [0.29, 0.717) is 28.6 Å². The normalized spacial score (nSPS) is 27.8. The van der Waals surface area contributed by atoms with Gasteiger partial charge in [0.05, 0.1) is 22.5 Å². The second kappa shape index (κ2) is 7.22. The average molecular weight is 383 g/mol. The highest BCUT2D eigenvalue weighted by Crippen LogP contribution is 2.34. The van der Waals surface area contributed by atoms with Crippen molar-refractivity contribution < 1.29 is 13.6 Å². The predicted molar refractivity (Wildman–Crippen MR) is 107 cm³/mol. The SMILES string of the molecule is C[C@H]1CCCC[C@@H]1[O+]=C1C=CC=C(C2Nc3cc(F)c(C(=N)N)cc3N2)C1=O. The van der Waals surface area contributed by atoms with Crippen molar-refractivity contribution in [2.45, 2.75) is 44.9 Å². The molecule has 0 saturated heterocycles. The Hall–Kier alpha value is -2.96. The molecule has 1 heterocycles. The Morgan fingerprint density at radius 1 is 1.25 bits per heavy atom. The minimum absolute atomic E-state index is 0.0272. The number of benzene rings is 1. The summed E-state index contributed by atoms with van der Waals surface area (Å²) in [5.74, 6) is -0.312. The van der Waals surface area contributed by atoms with Crippen LogP contribution < -0.4 is 16.4 Å². The van der Waals surface area contributed by atoms with E-state index in [4.69, 9.17) is 15.6 Å². The van der Waals surface area contributed by atoms with Crippen LogP contribution in [-0.2, 0) is 9.22 Å². The van der Waals surface area contributed by atoms with Gasteiger partial charge < -0.3 is 16.4 Å². The van der Waals surface area contributed by atoms with E-state index in [-0.39, 0.29) is 23.3 Å². The number of nitrogens with one attached hydrogen (secondary N) is 3. The molecule has 0 spiro atoms. The lowest BCUT2D eigenvalue weighted by Crippen LogP contribution is -2.35. The molecule has 2 aliphatic carbocycles. The van der Waals surface area contributed by atoms with Gasteiger partial charge >= 0.3 is 5.78 Å². The van der Waals surface area contributed by atoms with Gasteiger partial charge in [0.1, 0.15) is 17.8 Å². The predicted octanol–water partition coefficient (Wildman–Crippen LogP) is 3.02. The second-order valence-electron chi connectivity index (χ2n) is 7.61. The Labute approximate surface area is 162 Å². The minimum Gasteiger partial charge on any atom is -0.384 e. The van der Waals surface area contributed by atoms with Crippen molar-refractivity contribution in [2.75, 3.05) is 10.6 Å². The Morgan fingerprint density at radius 3 is 2.68 bits per heavy atom. The molecule has 0 aromatic heterocycles. The molecule has 1 aromatic carbocycles. The van der Waals surface area contributed by atoms with Crippen LogP contribution >= 0.6 is 0 Å². The van der Waals surface area contributed by atoms with Crippen LogP contribution in [0.25, 0.3) is 0 Å². The summed E-state index contributed by atoms with van der Waals surface area (Å²) in [6.07, 6.45) is 9.20. The van der Waals surface area contributed by atoms with Gasteiger partial charge in [-0.15, -0.1) is 0 Å². The van der Waals surface area contributed by atoms with Gasteiger partial charge in [0.15, 0.2) is 0 Å². The summed E-state index contributed by atoms with van der Waals surface area (Å²) in [4.78, 5) is 13.0. The van der Waals surface area contributed by atoms with E-state index < -0.39 is 12.0 Å². The van der Waals surface area contributed by atoms with E-state index in [9.17, 15) is 9.18 Å². The molecule has 3 atom stereocenters. The summed E-state index contributed by atoms with van der Waals surface area (Å²) in [7, 11) is 0. The third-order valence-electron chi connectivity index (χ3n) is 5.63. The summed E-state index contributed by atoms with van der Waals surface area (Å²) in [6, 6.07) is 2.77. The Morgan fingerprint density at radius 2 is 1.96 bits per heavy atom. The largest absolute Gasteiger partial charge is 0.391 e. The summed E-state index contributed by atoms with van der Waals surface area (Å²) < 4.78 is 20.2. The molecule has 1 unspecified atom stereocenters. The van der Waals surface area contributed by atoms with Crippen LogP contribution in [0.3, 0.4) is 0 Å². The Balaban J connectivity index is 1.55. The number of fused-ring (bicyclic) bond motifs is 1. The number of hydrogen-bond acceptors (Lipinski definition) is 4. The van der Waals surface area contributed by atoms with Gasteiger partial charge in [0.2, 0.25) is 0 Å². The number of ketones is 2. The number of amidine groups is 1. The molecule has 28 heavy (non-hydrogen) atoms. The summed E-state index contributed by atoms with van der Waals surface area (Å²) in [5, 5.41) is 13.8. The standard InChI is InChI=1S/C21H24FN4O2/c1-11-5-2-3-7-17(11)28-18-8-4-6-12(19(18)27)21-25-15-9-13(20(23)24)14(22)10-16(15)26-21/h4,6,8-11,17,21,25-26H,2-3,5,7H2,1H3,(H3,23,24)/q+1/t11-,17-,21?/m0/s1. The molecular weight excluding hydrogens is 359 g/mol. The molecular formula is C21H24FN4O2+. The molecule has 1 fully saturated rings. The first kappa shape index (κ1) is 18.4. The first-order valence-electron chi connectivity index (χ1n) is 9.61. The number of hydrogen-bond donors (Lipinski definition) is 4. The second-order valence-corrected chi connectivity index (χ2v) is 7.61. The van der Waals surface area contributed by atoms with Crippen molar-refractivity contribution in [2.24, 2.45) is 11.7 Å². The van der Waals surface area contributed by atoms with Crippen LogP contribution in [0.1, 0.15) is 38.2 Å². The molecule has 1 aliphatic heterocycles. The molecule has 0 amide bonds. The Bertz CT molecular complexity index is 935. The van der Waals surface area contributed by atoms with E-state index in [1.807, 2.05) is 0 Å². The van der Waals surface area contributed by atoms with Gasteiger partial charge in [-0.2, -0.15) is 0 Å². The lowest BCUT2D eigenvalue weighted by Gasteiger charge is -2.19. The molecule has 0 bridgehead atoms. The van der Waals surface area contributed by atoms with E-state index in [1.54, 1.807) is 18.2 Å². The maximum atomic E-state index is 14.1. The summed E-state index contributed by atoms with van der Waals surface area (Å²) in [5.41, 5.74) is 7.08. The smallest absolute Gasteiger partial charge is 0.384 e. The van der Waals surface area contributed by atoms with Gasteiger partial charge in [-0.05, 0) is 25.0 Å². The highest BCUT2D eigenvalue weighted by atomic mass is 19.1. The highest BCUT2D eigenvalue weighted by molar-refractivity contribution is 6.48. The molecule has 146 valence electrons. The van der Waals surface area contributed by atoms with Crippen molar-refractivity contribution >= 4 is 28.8 Å². The lowest BCUT2D eigenvalue weighted by atomic mass is 9.88. The zero-order chi connectivity index (χ0) is 19.8. The van der Waals surface area contributed by atoms with Gasteiger partial charge in [0.25, 0.3) is 11.9 Å². The van der Waals surface area contributed by atoms with E-state index in [0.717, 1.165) is 19.3 Å². The number of nitrogen functional groups attached to an aromatic ring is 1. The molecule has 5 N–H and O–H groups in total. The number of carbonyl (C=O) groups excluding carboxylic acids is 2. The number of halogens is 1. The van der Waals surface area contributed by atoms with Crippen molar-refractivity contribution in [3.8, 4) is 0 Å². The molecule has 7 heteroatoms. The van der Waals surface area contributed by atoms with Crippen LogP contribution in [0, 0.1) is 17.1 Å². The number of anilines is 2. The van der Waals surface area contributed by atoms with Gasteiger partial charge in [0, 0.05) is 18.4 Å². The topological polar surface area (TPSA) is 102 Å². The van der Waals surface area contributed by atoms with Crippen LogP contribution in [-0.4, -0.2) is 29.7 Å². The number of rotatable bonds is 3. The summed E-state index contributed by atoms with van der Waals surface area (Å²) in [6.45, 7) is 2.16. The molecule has 3 aliphatic rings. The number of nitrogens with two attached hydrogens (primary N) is 1. The van der Waals surface area contributed by atoms with Crippen LogP contribution in [0.5, 0.6) is 0 Å². The molecule has 1 saturated carbocycles. The number of carbonyl (C=O) groups is 1. The first-order valence-corrected chi connectivity index (χ1v) is 9.61. The van der Waals surface area contributed by atoms with E-state index >= 15 is 0 Å². The molecule has 1 aromatic rings. The molecule has 0 radical (unpaired) electrons. The quantitative estimate of drug-likeness (QED) is 0.212. The van der Waals surface area contributed by atoms with Crippen LogP contribution in [0.15, 0.2) is 35.9 Å². The van der Waals surface area contributed by atoms with Crippen LogP contribution in [0.4, 0.5) is 15.8 Å². The fourth-order valence-electron chi connectivity index (χ4n) is 3.99. The van der Waals surface area contributed by atoms with Crippen molar-refractivity contribution in [1.29, 1.82) is 5.41 Å². The first-order chi connectivity index (χ1) is 13.4. The van der Waals surface area contributed by atoms with Crippen molar-refractivity contribution in [3.63, 3.8) is 0 Å². The van der Waals surface area contributed by atoms with Crippen LogP contribution in [0.2, 0.25) is 0 Å². The fourth-order valence-corrected chi connectivity index (χ4v) is 3.99. The maximum Gasteiger partial charge on any atom is 0.391 e. The van der Waals surface area contributed by atoms with E-state index in [1.165, 1.54) is 18.6 Å². The monoisotopic (exact) mass is 383 g/mol. The Kier molecular flexibility index (Phi) is 4.75. The van der Waals surface area contributed by atoms with Crippen molar-refractivity contribution in [3.05, 3.63) is 47.3 Å². The minimum atomic E-state index is -0.577. The number of Topliss-reactive ketones (excluding diaryl/α,β-unsaturated/α-hetero) is 1. The van der Waals surface area contributed by atoms with Crippen molar-refractivity contribution in [1.82, 2.24) is 0 Å². The third kappa shape index (κ3) is 3.32. The maximum absolute atomic E-state index is 14.1. The average Bonchev–Trinajstić information content (AvgIpc) is 3.06. The zero-order valence-electron chi connectivity index (χ0n) is 15.7. The lowest BCUT2D eigenvalue weighted by molar-refractivity contribution is -0.515. The van der Waals surface area contributed by atoms with Gasteiger partial charge in [-0.25, -0.2) is 8.82 Å². The molecule has 4 rings (SSSR count). The van der Waals surface area contributed by atoms with E-state index in [2.05, 4.69) is 17.6 Å². The zero-order valence-corrected chi connectivity index (χ0v) is 15.7.